The van der Waals surface area contributed by atoms with Crippen molar-refractivity contribution in [3.05, 3.63) is 52.2 Å². The number of amides is 1. The second kappa shape index (κ2) is 7.69. The summed E-state index contributed by atoms with van der Waals surface area (Å²) < 4.78 is 16.2. The van der Waals surface area contributed by atoms with Gasteiger partial charge in [-0.1, -0.05) is 36.4 Å². The zero-order chi connectivity index (χ0) is 15.9. The predicted octanol–water partition coefficient (Wildman–Crippen LogP) is 3.46. The van der Waals surface area contributed by atoms with Crippen LogP contribution in [0.1, 0.15) is 10.4 Å². The molecule has 5 nitrogen and oxygen atoms in total. The highest BCUT2D eigenvalue weighted by atomic mass is 32.1. The van der Waals surface area contributed by atoms with Gasteiger partial charge in [-0.05, 0) is 11.6 Å². The highest BCUT2D eigenvalue weighted by Gasteiger charge is 2.16. The quantitative estimate of drug-likeness (QED) is 0.911. The molecular formula is C17H17NO4S. The van der Waals surface area contributed by atoms with Crippen LogP contribution in [0.3, 0.4) is 0 Å². The SMILES string of the molecule is O=C(NCC=Cc1scc2c1OCCO2)OCc1ccccc1. The fourth-order valence-corrected chi connectivity index (χ4v) is 2.93. The van der Waals surface area contributed by atoms with Gasteiger partial charge in [0, 0.05) is 11.9 Å². The zero-order valence-electron chi connectivity index (χ0n) is 12.5. The minimum Gasteiger partial charge on any atom is -0.485 e. The summed E-state index contributed by atoms with van der Waals surface area (Å²) in [4.78, 5) is 12.6. The van der Waals surface area contributed by atoms with Crippen LogP contribution < -0.4 is 14.8 Å². The maximum atomic E-state index is 11.6. The number of carbonyl (C=O) groups excluding carboxylic acids is 1. The van der Waals surface area contributed by atoms with Crippen LogP contribution in [0.4, 0.5) is 4.79 Å². The van der Waals surface area contributed by atoms with E-state index in [2.05, 4.69) is 5.32 Å². The van der Waals surface area contributed by atoms with Crippen molar-refractivity contribution in [3.8, 4) is 11.5 Å². The average Bonchev–Trinajstić information content (AvgIpc) is 3.01. The van der Waals surface area contributed by atoms with Crippen molar-refractivity contribution >= 4 is 23.5 Å². The summed E-state index contributed by atoms with van der Waals surface area (Å²) in [6.45, 7) is 1.80. The second-order valence-corrected chi connectivity index (χ2v) is 5.75. The number of carbonyl (C=O) groups is 1. The predicted molar refractivity (Wildman–Crippen MR) is 89.0 cm³/mol. The topological polar surface area (TPSA) is 56.8 Å². The molecule has 0 atom stereocenters. The maximum Gasteiger partial charge on any atom is 0.407 e. The van der Waals surface area contributed by atoms with Gasteiger partial charge in [0.15, 0.2) is 11.5 Å². The molecule has 0 fully saturated rings. The molecule has 1 aliphatic heterocycles. The standard InChI is InChI=1S/C17H17NO4S/c19-17(22-11-13-5-2-1-3-6-13)18-8-4-7-15-16-14(12-23-15)20-9-10-21-16/h1-7,12H,8-11H2,(H,18,19). The molecule has 1 aromatic heterocycles. The summed E-state index contributed by atoms with van der Waals surface area (Å²) >= 11 is 1.55. The van der Waals surface area contributed by atoms with Gasteiger partial charge in [-0.25, -0.2) is 4.79 Å². The molecule has 0 saturated heterocycles. The fourth-order valence-electron chi connectivity index (χ4n) is 2.08. The Morgan fingerprint density at radius 2 is 2.09 bits per heavy atom. The molecule has 0 saturated carbocycles. The Labute approximate surface area is 138 Å². The van der Waals surface area contributed by atoms with E-state index in [1.54, 1.807) is 11.3 Å². The van der Waals surface area contributed by atoms with Crippen molar-refractivity contribution in [2.45, 2.75) is 6.61 Å². The van der Waals surface area contributed by atoms with E-state index in [-0.39, 0.29) is 6.61 Å². The van der Waals surface area contributed by atoms with Gasteiger partial charge in [0.1, 0.15) is 19.8 Å². The Morgan fingerprint density at radius 3 is 2.96 bits per heavy atom. The highest BCUT2D eigenvalue weighted by Crippen LogP contribution is 2.39. The maximum absolute atomic E-state index is 11.6. The first-order valence-corrected chi connectivity index (χ1v) is 8.19. The third-order valence-electron chi connectivity index (χ3n) is 3.17. The van der Waals surface area contributed by atoms with Crippen LogP contribution in [0.15, 0.2) is 41.8 Å². The van der Waals surface area contributed by atoms with Crippen LogP contribution >= 0.6 is 11.3 Å². The summed E-state index contributed by atoms with van der Waals surface area (Å²) in [6.07, 6.45) is 3.33. The molecule has 1 aromatic carbocycles. The Balaban J connectivity index is 1.42. The molecule has 3 rings (SSSR count). The minimum atomic E-state index is -0.439. The minimum absolute atomic E-state index is 0.264. The Kier molecular flexibility index (Phi) is 5.16. The van der Waals surface area contributed by atoms with Crippen LogP contribution in [0.25, 0.3) is 6.08 Å². The summed E-state index contributed by atoms with van der Waals surface area (Å²) in [5.74, 6) is 1.57. The third kappa shape index (κ3) is 4.26. The molecule has 1 amide bonds. The van der Waals surface area contributed by atoms with Crippen molar-refractivity contribution in [2.75, 3.05) is 19.8 Å². The summed E-state index contributed by atoms with van der Waals surface area (Å²) in [5.41, 5.74) is 0.959. The van der Waals surface area contributed by atoms with Gasteiger partial charge in [0.25, 0.3) is 0 Å². The Morgan fingerprint density at radius 1 is 1.26 bits per heavy atom. The van der Waals surface area contributed by atoms with Gasteiger partial charge in [-0.2, -0.15) is 0 Å². The molecule has 1 aliphatic rings. The number of nitrogens with one attached hydrogen (secondary N) is 1. The first kappa shape index (κ1) is 15.4. The van der Waals surface area contributed by atoms with Crippen molar-refractivity contribution in [1.82, 2.24) is 5.32 Å². The second-order valence-electron chi connectivity index (χ2n) is 4.84. The number of alkyl carbamates (subject to hydrolysis) is 1. The van der Waals surface area contributed by atoms with Gasteiger partial charge in [0.2, 0.25) is 0 Å². The summed E-state index contributed by atoms with van der Waals surface area (Å²) in [6, 6.07) is 9.57. The Hall–Kier alpha value is -2.47. The van der Waals surface area contributed by atoms with Crippen molar-refractivity contribution < 1.29 is 19.0 Å². The van der Waals surface area contributed by atoms with Gasteiger partial charge >= 0.3 is 6.09 Å². The van der Waals surface area contributed by atoms with E-state index in [0.29, 0.717) is 19.8 Å². The molecule has 0 bridgehead atoms. The largest absolute Gasteiger partial charge is 0.485 e. The molecule has 0 radical (unpaired) electrons. The average molecular weight is 331 g/mol. The van der Waals surface area contributed by atoms with Crippen molar-refractivity contribution in [1.29, 1.82) is 0 Å². The third-order valence-corrected chi connectivity index (χ3v) is 4.08. The smallest absolute Gasteiger partial charge is 0.407 e. The molecule has 1 N–H and O–H groups in total. The number of ether oxygens (including phenoxy) is 3. The molecule has 120 valence electrons. The van der Waals surface area contributed by atoms with Crippen LogP contribution in [0, 0.1) is 0 Å². The molecule has 23 heavy (non-hydrogen) atoms. The van der Waals surface area contributed by atoms with Crippen LogP contribution in [-0.2, 0) is 11.3 Å². The molecule has 0 unspecified atom stereocenters. The van der Waals surface area contributed by atoms with E-state index < -0.39 is 6.09 Å². The van der Waals surface area contributed by atoms with E-state index in [4.69, 9.17) is 14.2 Å². The summed E-state index contributed by atoms with van der Waals surface area (Å²) in [5, 5.41) is 4.61. The van der Waals surface area contributed by atoms with Crippen LogP contribution in [0.2, 0.25) is 0 Å². The lowest BCUT2D eigenvalue weighted by Gasteiger charge is -2.15. The van der Waals surface area contributed by atoms with Crippen molar-refractivity contribution in [3.63, 3.8) is 0 Å². The molecule has 2 heterocycles. The molecule has 0 spiro atoms. The Bertz CT molecular complexity index is 681. The first-order valence-electron chi connectivity index (χ1n) is 7.31. The van der Waals surface area contributed by atoms with E-state index in [0.717, 1.165) is 21.9 Å². The number of hydrogen-bond donors (Lipinski definition) is 1. The van der Waals surface area contributed by atoms with E-state index in [1.807, 2.05) is 47.9 Å². The number of rotatable bonds is 5. The lowest BCUT2D eigenvalue weighted by Crippen LogP contribution is -2.24. The number of thiophene rings is 1. The van der Waals surface area contributed by atoms with Gasteiger partial charge < -0.3 is 19.5 Å². The van der Waals surface area contributed by atoms with Gasteiger partial charge in [-0.15, -0.1) is 11.3 Å². The van der Waals surface area contributed by atoms with Crippen LogP contribution in [0.5, 0.6) is 11.5 Å². The monoisotopic (exact) mass is 331 g/mol. The van der Waals surface area contributed by atoms with Gasteiger partial charge in [-0.3, -0.25) is 0 Å². The fraction of sp³-hybridized carbons (Fsp3) is 0.235. The number of hydrogen-bond acceptors (Lipinski definition) is 5. The van der Waals surface area contributed by atoms with E-state index >= 15 is 0 Å². The lowest BCUT2D eigenvalue weighted by molar-refractivity contribution is 0.141. The highest BCUT2D eigenvalue weighted by molar-refractivity contribution is 7.11. The molecular weight excluding hydrogens is 314 g/mol. The van der Waals surface area contributed by atoms with E-state index in [9.17, 15) is 4.79 Å². The number of fused-ring (bicyclic) bond motifs is 1. The lowest BCUT2D eigenvalue weighted by atomic mass is 10.2. The van der Waals surface area contributed by atoms with E-state index in [1.165, 1.54) is 0 Å². The van der Waals surface area contributed by atoms with Gasteiger partial charge in [0.05, 0.1) is 4.88 Å². The van der Waals surface area contributed by atoms with Crippen LogP contribution in [-0.4, -0.2) is 25.9 Å². The van der Waals surface area contributed by atoms with Crippen molar-refractivity contribution in [2.24, 2.45) is 0 Å². The number of benzene rings is 1. The molecule has 2 aromatic rings. The molecule has 6 heteroatoms. The molecule has 0 aliphatic carbocycles. The zero-order valence-corrected chi connectivity index (χ0v) is 13.3. The normalized spacial score (nSPS) is 13.0. The first-order chi connectivity index (χ1) is 11.3. The summed E-state index contributed by atoms with van der Waals surface area (Å²) in [7, 11) is 0.